The largest absolute Gasteiger partial charge is 0.591 e. The Kier molecular flexibility index (Phi) is 13.9. The van der Waals surface area contributed by atoms with Gasteiger partial charge in [-0.15, -0.1) is 0 Å². The molecule has 1 saturated carbocycles. The SMILES string of the molecule is CCCCCCCCCCCCOc1ccc(O[P+]([O-])(O)Oc2cccc(C[n+]3csc(C)c3)c2)c(C(=O)C2CCCC2)c1. The lowest BCUT2D eigenvalue weighted by molar-refractivity contribution is -0.683. The lowest BCUT2D eigenvalue weighted by atomic mass is 9.95. The van der Waals surface area contributed by atoms with Crippen LogP contribution in [0.2, 0.25) is 0 Å². The second kappa shape index (κ2) is 17.8. The number of ether oxygens (including phenoxy) is 1. The summed E-state index contributed by atoms with van der Waals surface area (Å²) >= 11 is 1.65. The predicted molar refractivity (Wildman–Crippen MR) is 175 cm³/mol. The number of ketones is 1. The maximum atomic E-state index is 13.5. The summed E-state index contributed by atoms with van der Waals surface area (Å²) in [5.74, 6) is 0.633. The normalized spacial score (nSPS) is 14.8. The van der Waals surface area contributed by atoms with E-state index in [2.05, 4.69) is 11.5 Å². The minimum Gasteiger partial charge on any atom is -0.591 e. The third-order valence-corrected chi connectivity index (χ3v) is 9.85. The summed E-state index contributed by atoms with van der Waals surface area (Å²) in [6, 6.07) is 12.0. The van der Waals surface area contributed by atoms with Crippen LogP contribution in [0.1, 0.15) is 118 Å². The molecule has 1 aromatic heterocycles. The van der Waals surface area contributed by atoms with E-state index in [1.807, 2.05) is 24.7 Å². The van der Waals surface area contributed by atoms with Crippen molar-refractivity contribution in [2.75, 3.05) is 6.61 Å². The zero-order chi connectivity index (χ0) is 31.2. The van der Waals surface area contributed by atoms with Gasteiger partial charge in [0, 0.05) is 11.5 Å². The number of hydrogen-bond donors (Lipinski definition) is 1. The van der Waals surface area contributed by atoms with Gasteiger partial charge in [0.1, 0.15) is 5.75 Å². The Hall–Kier alpha value is -2.51. The molecule has 3 aromatic rings. The number of hydrogen-bond acceptors (Lipinski definition) is 7. The molecular formula is C35H49NO6PS+. The minimum absolute atomic E-state index is 0.0412. The molecule has 1 atom stereocenters. The maximum Gasteiger partial charge on any atom is 0.470 e. The van der Waals surface area contributed by atoms with Crippen LogP contribution < -0.4 is 23.2 Å². The molecule has 2 aromatic carbocycles. The van der Waals surface area contributed by atoms with Crippen molar-refractivity contribution in [3.63, 3.8) is 0 Å². The number of thiazole rings is 1. The average molecular weight is 643 g/mol. The van der Waals surface area contributed by atoms with E-state index in [0.29, 0.717) is 18.9 Å². The number of nitrogens with zero attached hydrogens (tertiary/aromatic N) is 1. The van der Waals surface area contributed by atoms with Gasteiger partial charge in [-0.3, -0.25) is 13.8 Å². The van der Waals surface area contributed by atoms with Crippen LogP contribution in [-0.2, 0) is 6.54 Å². The number of unbranched alkanes of at least 4 members (excludes halogenated alkanes) is 9. The number of Topliss-reactive ketones (excluding diaryl/α,β-unsaturated/α-hetero) is 1. The van der Waals surface area contributed by atoms with E-state index >= 15 is 0 Å². The number of aromatic nitrogens is 1. The minimum atomic E-state index is -4.59. The van der Waals surface area contributed by atoms with Crippen molar-refractivity contribution in [2.24, 2.45) is 5.92 Å². The van der Waals surface area contributed by atoms with Crippen LogP contribution in [0.3, 0.4) is 0 Å². The summed E-state index contributed by atoms with van der Waals surface area (Å²) in [5, 5.41) is 0. The number of rotatable bonds is 20. The highest BCUT2D eigenvalue weighted by Crippen LogP contribution is 2.49. The van der Waals surface area contributed by atoms with E-state index in [9.17, 15) is 14.6 Å². The fourth-order valence-corrected chi connectivity index (χ4v) is 7.23. The molecule has 0 spiro atoms. The molecule has 0 bridgehead atoms. The van der Waals surface area contributed by atoms with Gasteiger partial charge >= 0.3 is 8.17 Å². The number of carbonyl (C=O) groups excluding carboxylic acids is 1. The summed E-state index contributed by atoms with van der Waals surface area (Å²) in [5.41, 5.74) is 3.22. The smallest absolute Gasteiger partial charge is 0.470 e. The van der Waals surface area contributed by atoms with E-state index in [0.717, 1.165) is 44.1 Å². The third-order valence-electron chi connectivity index (χ3n) is 8.13. The Morgan fingerprint density at radius 2 is 1.66 bits per heavy atom. The first kappa shape index (κ1) is 34.4. The number of aryl methyl sites for hydroxylation is 1. The van der Waals surface area contributed by atoms with Crippen molar-refractivity contribution >= 4 is 25.3 Å². The van der Waals surface area contributed by atoms with Gasteiger partial charge in [-0.2, -0.15) is 9.46 Å². The lowest BCUT2D eigenvalue weighted by Crippen LogP contribution is -2.30. The fourth-order valence-electron chi connectivity index (χ4n) is 5.77. The molecule has 44 heavy (non-hydrogen) atoms. The molecule has 4 rings (SSSR count). The maximum absolute atomic E-state index is 13.5. The van der Waals surface area contributed by atoms with Crippen LogP contribution in [0.25, 0.3) is 0 Å². The molecule has 1 fully saturated rings. The number of benzene rings is 2. The van der Waals surface area contributed by atoms with E-state index < -0.39 is 8.17 Å². The topological polar surface area (TPSA) is 91.9 Å². The van der Waals surface area contributed by atoms with E-state index in [-0.39, 0.29) is 28.8 Å². The van der Waals surface area contributed by atoms with Gasteiger partial charge in [0.2, 0.25) is 5.51 Å². The van der Waals surface area contributed by atoms with Crippen LogP contribution >= 0.6 is 19.5 Å². The molecule has 7 nitrogen and oxygen atoms in total. The highest BCUT2D eigenvalue weighted by molar-refractivity contribution is 7.53. The first-order valence-corrected chi connectivity index (χ1v) is 18.8. The number of phosphoric acid groups is 1. The molecule has 0 saturated heterocycles. The van der Waals surface area contributed by atoms with E-state index in [1.165, 1.54) is 56.2 Å². The van der Waals surface area contributed by atoms with E-state index in [4.69, 9.17) is 13.8 Å². The Bertz CT molecular complexity index is 1310. The highest BCUT2D eigenvalue weighted by Gasteiger charge is 2.35. The van der Waals surface area contributed by atoms with Crippen LogP contribution in [0.15, 0.2) is 54.2 Å². The molecule has 1 N–H and O–H groups in total. The van der Waals surface area contributed by atoms with Crippen molar-refractivity contribution in [3.05, 3.63) is 70.2 Å². The zero-order valence-corrected chi connectivity index (χ0v) is 28.1. The molecular weight excluding hydrogens is 593 g/mol. The van der Waals surface area contributed by atoms with Crippen molar-refractivity contribution in [1.29, 1.82) is 0 Å². The number of phosphoric ester groups is 1. The Labute approximate surface area is 267 Å². The summed E-state index contributed by atoms with van der Waals surface area (Å²) in [7, 11) is -4.59. The first-order chi connectivity index (χ1) is 21.3. The second-order valence-electron chi connectivity index (χ2n) is 12.0. The summed E-state index contributed by atoms with van der Waals surface area (Å²) in [6.07, 6.45) is 18.2. The molecule has 9 heteroatoms. The molecule has 0 radical (unpaired) electrons. The monoisotopic (exact) mass is 642 g/mol. The average Bonchev–Trinajstić information content (AvgIpc) is 3.68. The predicted octanol–water partition coefficient (Wildman–Crippen LogP) is 8.55. The first-order valence-electron chi connectivity index (χ1n) is 16.4. The van der Waals surface area contributed by atoms with Crippen LogP contribution in [-0.4, -0.2) is 17.3 Å². The van der Waals surface area contributed by atoms with Gasteiger partial charge in [-0.1, -0.05) is 101 Å². The standard InChI is InChI=1S/C35H48NO6PS/c1-3-4-5-6-7-8-9-10-11-14-22-40-31-20-21-34(33(24-31)35(37)30-17-12-13-18-30)42-43(38,39)41-32-19-15-16-29(23-32)26-36-25-28(2)44-27-36/h15-16,19-21,23-25,27,30H,3-14,17-18,22,26H2,1-2H3/p+1. The summed E-state index contributed by atoms with van der Waals surface area (Å²) < 4.78 is 19.1. The molecule has 1 aliphatic rings. The van der Waals surface area contributed by atoms with Crippen molar-refractivity contribution in [1.82, 2.24) is 0 Å². The molecule has 1 heterocycles. The van der Waals surface area contributed by atoms with Gasteiger partial charge in [-0.25, -0.2) is 0 Å². The van der Waals surface area contributed by atoms with Crippen molar-refractivity contribution < 1.29 is 32.9 Å². The fraction of sp³-hybridized carbons (Fsp3) is 0.543. The molecule has 240 valence electrons. The van der Waals surface area contributed by atoms with Gasteiger partial charge in [-0.05, 0) is 56.5 Å². The van der Waals surface area contributed by atoms with Crippen molar-refractivity contribution in [3.8, 4) is 17.2 Å². The summed E-state index contributed by atoms with van der Waals surface area (Å²) in [6.45, 7) is 5.47. The highest BCUT2D eigenvalue weighted by atomic mass is 32.1. The lowest BCUT2D eigenvalue weighted by Gasteiger charge is -2.22. The molecule has 1 unspecified atom stereocenters. The van der Waals surface area contributed by atoms with Gasteiger partial charge in [0.25, 0.3) is 0 Å². The molecule has 0 aliphatic heterocycles. The van der Waals surface area contributed by atoms with Gasteiger partial charge < -0.3 is 9.63 Å². The Morgan fingerprint density at radius 3 is 2.34 bits per heavy atom. The van der Waals surface area contributed by atoms with Crippen LogP contribution in [0.5, 0.6) is 17.2 Å². The van der Waals surface area contributed by atoms with Crippen LogP contribution in [0.4, 0.5) is 0 Å². The number of carbonyl (C=O) groups is 1. The quantitative estimate of drug-likeness (QED) is 0.0575. The molecule has 1 aliphatic carbocycles. The van der Waals surface area contributed by atoms with Gasteiger partial charge in [0.15, 0.2) is 30.0 Å². The molecule has 0 amide bonds. The Balaban J connectivity index is 1.33. The van der Waals surface area contributed by atoms with E-state index in [1.54, 1.807) is 47.7 Å². The second-order valence-corrected chi connectivity index (χ2v) is 14.4. The zero-order valence-electron chi connectivity index (χ0n) is 26.4. The van der Waals surface area contributed by atoms with Gasteiger partial charge in [0.05, 0.1) is 17.0 Å². The van der Waals surface area contributed by atoms with Crippen LogP contribution in [0, 0.1) is 12.8 Å². The van der Waals surface area contributed by atoms with Crippen molar-refractivity contribution in [2.45, 2.75) is 110 Å². The summed E-state index contributed by atoms with van der Waals surface area (Å²) in [4.78, 5) is 38.6. The Morgan fingerprint density at radius 1 is 0.955 bits per heavy atom. The third kappa shape index (κ3) is 11.4.